The summed E-state index contributed by atoms with van der Waals surface area (Å²) in [6.07, 6.45) is 0. The molecular weight excluding hydrogens is 234 g/mol. The lowest BCUT2D eigenvalue weighted by Gasteiger charge is -2.06. The maximum atomic E-state index is 12.3. The van der Waals surface area contributed by atoms with Gasteiger partial charge in [-0.25, -0.2) is 0 Å². The highest BCUT2D eigenvalue weighted by Crippen LogP contribution is 2.22. The highest BCUT2D eigenvalue weighted by molar-refractivity contribution is 6.35. The number of rotatable bonds is 0. The van der Waals surface area contributed by atoms with Crippen molar-refractivity contribution < 1.29 is 0 Å². The van der Waals surface area contributed by atoms with Crippen molar-refractivity contribution in [3.63, 3.8) is 0 Å². The molecule has 0 aliphatic rings. The van der Waals surface area contributed by atoms with Crippen molar-refractivity contribution in [1.82, 2.24) is 4.98 Å². The average Bonchev–Trinajstić information content (AvgIpc) is 2.32. The number of aromatic nitrogens is 1. The van der Waals surface area contributed by atoms with Gasteiger partial charge in [0.05, 0.1) is 16.1 Å². The summed E-state index contributed by atoms with van der Waals surface area (Å²) in [6, 6.07) is 11.1. The zero-order valence-corrected chi connectivity index (χ0v) is 10.0. The Kier molecular flexibility index (Phi) is 2.20. The summed E-state index contributed by atoms with van der Waals surface area (Å²) < 4.78 is 0. The lowest BCUT2D eigenvalue weighted by atomic mass is 10.1. The Balaban J connectivity index is 2.68. The van der Waals surface area contributed by atoms with E-state index < -0.39 is 0 Å². The molecule has 1 aromatic heterocycles. The summed E-state index contributed by atoms with van der Waals surface area (Å²) in [6.45, 7) is 1.97. The molecule has 0 aliphatic carbocycles. The number of hydrogen-bond donors (Lipinski definition) is 1. The first kappa shape index (κ1) is 10.4. The van der Waals surface area contributed by atoms with Gasteiger partial charge in [0.15, 0.2) is 5.43 Å². The van der Waals surface area contributed by atoms with Crippen LogP contribution in [0.25, 0.3) is 21.8 Å². The second-order valence-electron chi connectivity index (χ2n) is 4.11. The predicted octanol–water partition coefficient (Wildman–Crippen LogP) is 3.64. The molecule has 0 unspecified atom stereocenters. The van der Waals surface area contributed by atoms with Gasteiger partial charge in [-0.15, -0.1) is 0 Å². The minimum absolute atomic E-state index is 0.0277. The number of hydrogen-bond acceptors (Lipinski definition) is 1. The molecule has 1 N–H and O–H groups in total. The van der Waals surface area contributed by atoms with Crippen molar-refractivity contribution in [2.24, 2.45) is 0 Å². The van der Waals surface area contributed by atoms with Crippen LogP contribution >= 0.6 is 11.6 Å². The third-order valence-corrected chi connectivity index (χ3v) is 3.34. The van der Waals surface area contributed by atoms with E-state index in [4.69, 9.17) is 11.6 Å². The molecule has 0 amide bonds. The molecule has 0 atom stereocenters. The SMILES string of the molecule is Cc1cccc2c(=O)c3cccc(Cl)c3[nH]c12. The topological polar surface area (TPSA) is 32.9 Å². The molecule has 2 aromatic carbocycles. The van der Waals surface area contributed by atoms with Gasteiger partial charge in [0.25, 0.3) is 0 Å². The summed E-state index contributed by atoms with van der Waals surface area (Å²) in [5, 5.41) is 1.92. The first-order valence-electron chi connectivity index (χ1n) is 5.38. The zero-order valence-electron chi connectivity index (χ0n) is 9.25. The van der Waals surface area contributed by atoms with Gasteiger partial charge >= 0.3 is 0 Å². The van der Waals surface area contributed by atoms with Crippen LogP contribution in [0.5, 0.6) is 0 Å². The van der Waals surface area contributed by atoms with Crippen LogP contribution in [0.2, 0.25) is 5.02 Å². The van der Waals surface area contributed by atoms with Crippen LogP contribution in [0, 0.1) is 6.92 Å². The summed E-state index contributed by atoms with van der Waals surface area (Å²) >= 11 is 6.11. The number of aromatic amines is 1. The second kappa shape index (κ2) is 3.60. The van der Waals surface area contributed by atoms with Crippen LogP contribution in [0.15, 0.2) is 41.2 Å². The van der Waals surface area contributed by atoms with Gasteiger partial charge in [0.1, 0.15) is 0 Å². The molecular formula is C14H10ClNO. The maximum Gasteiger partial charge on any atom is 0.197 e. The summed E-state index contributed by atoms with van der Waals surface area (Å²) in [4.78, 5) is 15.6. The lowest BCUT2D eigenvalue weighted by Crippen LogP contribution is -2.04. The average molecular weight is 244 g/mol. The smallest absolute Gasteiger partial charge is 0.197 e. The largest absolute Gasteiger partial charge is 0.353 e. The number of pyridine rings is 1. The van der Waals surface area contributed by atoms with Gasteiger partial charge in [-0.3, -0.25) is 4.79 Å². The standard InChI is InChI=1S/C14H10ClNO/c1-8-4-2-5-9-12(8)16-13-10(14(9)17)6-3-7-11(13)15/h2-7H,1H3,(H,16,17). The van der Waals surface area contributed by atoms with Crippen LogP contribution in [-0.4, -0.2) is 4.98 Å². The minimum atomic E-state index is 0.0277. The molecule has 0 spiro atoms. The van der Waals surface area contributed by atoms with Crippen LogP contribution in [0.3, 0.4) is 0 Å². The van der Waals surface area contributed by atoms with Crippen LogP contribution in [-0.2, 0) is 0 Å². The number of H-pyrrole nitrogens is 1. The number of nitrogens with one attached hydrogen (secondary N) is 1. The Morgan fingerprint density at radius 2 is 1.65 bits per heavy atom. The number of fused-ring (bicyclic) bond motifs is 2. The van der Waals surface area contributed by atoms with Gasteiger partial charge in [-0.1, -0.05) is 29.8 Å². The van der Waals surface area contributed by atoms with Crippen molar-refractivity contribution in [1.29, 1.82) is 0 Å². The molecule has 84 valence electrons. The molecule has 3 rings (SSSR count). The summed E-state index contributed by atoms with van der Waals surface area (Å²) in [5.74, 6) is 0. The molecule has 3 aromatic rings. The fourth-order valence-electron chi connectivity index (χ4n) is 2.13. The van der Waals surface area contributed by atoms with Crippen molar-refractivity contribution in [2.45, 2.75) is 6.92 Å². The van der Waals surface area contributed by atoms with Gasteiger partial charge < -0.3 is 4.98 Å². The summed E-state index contributed by atoms with van der Waals surface area (Å²) in [5.41, 5.74) is 2.64. The van der Waals surface area contributed by atoms with E-state index in [1.807, 2.05) is 25.1 Å². The monoisotopic (exact) mass is 243 g/mol. The third-order valence-electron chi connectivity index (χ3n) is 3.03. The Labute approximate surface area is 103 Å². The van der Waals surface area contributed by atoms with E-state index in [1.54, 1.807) is 18.2 Å². The van der Waals surface area contributed by atoms with E-state index in [1.165, 1.54) is 0 Å². The molecule has 17 heavy (non-hydrogen) atoms. The van der Waals surface area contributed by atoms with E-state index >= 15 is 0 Å². The van der Waals surface area contributed by atoms with Gasteiger partial charge in [-0.2, -0.15) is 0 Å². The quantitative estimate of drug-likeness (QED) is 0.601. The Morgan fingerprint density at radius 1 is 1.00 bits per heavy atom. The van der Waals surface area contributed by atoms with Gasteiger partial charge in [0.2, 0.25) is 0 Å². The first-order chi connectivity index (χ1) is 8.18. The van der Waals surface area contributed by atoms with E-state index in [-0.39, 0.29) is 5.43 Å². The number of para-hydroxylation sites is 2. The van der Waals surface area contributed by atoms with E-state index in [0.717, 1.165) is 11.1 Å². The highest BCUT2D eigenvalue weighted by Gasteiger charge is 2.08. The Bertz CT molecular complexity index is 726. The molecule has 0 radical (unpaired) electrons. The van der Waals surface area contributed by atoms with Crippen LogP contribution < -0.4 is 5.43 Å². The van der Waals surface area contributed by atoms with Crippen LogP contribution in [0.4, 0.5) is 0 Å². The molecule has 3 heteroatoms. The predicted molar refractivity (Wildman–Crippen MR) is 71.8 cm³/mol. The third kappa shape index (κ3) is 1.45. The Morgan fingerprint density at radius 3 is 2.41 bits per heavy atom. The molecule has 0 fully saturated rings. The van der Waals surface area contributed by atoms with E-state index in [0.29, 0.717) is 21.3 Å². The molecule has 2 nitrogen and oxygen atoms in total. The number of halogens is 1. The Hall–Kier alpha value is -1.80. The van der Waals surface area contributed by atoms with Gasteiger partial charge in [0, 0.05) is 10.8 Å². The summed E-state index contributed by atoms with van der Waals surface area (Å²) in [7, 11) is 0. The highest BCUT2D eigenvalue weighted by atomic mass is 35.5. The zero-order chi connectivity index (χ0) is 12.0. The van der Waals surface area contributed by atoms with Crippen molar-refractivity contribution in [3.8, 4) is 0 Å². The molecule has 0 aliphatic heterocycles. The fourth-order valence-corrected chi connectivity index (χ4v) is 2.36. The molecule has 0 bridgehead atoms. The van der Waals surface area contributed by atoms with Crippen molar-refractivity contribution in [2.75, 3.05) is 0 Å². The minimum Gasteiger partial charge on any atom is -0.353 e. The molecule has 1 heterocycles. The maximum absolute atomic E-state index is 12.3. The second-order valence-corrected chi connectivity index (χ2v) is 4.52. The number of aryl methyl sites for hydroxylation is 1. The van der Waals surface area contributed by atoms with Crippen molar-refractivity contribution in [3.05, 3.63) is 57.2 Å². The van der Waals surface area contributed by atoms with Gasteiger partial charge in [-0.05, 0) is 30.7 Å². The lowest BCUT2D eigenvalue weighted by molar-refractivity contribution is 1.41. The van der Waals surface area contributed by atoms with Crippen LogP contribution in [0.1, 0.15) is 5.56 Å². The number of benzene rings is 2. The van der Waals surface area contributed by atoms with E-state index in [9.17, 15) is 4.79 Å². The fraction of sp³-hybridized carbons (Fsp3) is 0.0714. The molecule has 0 saturated carbocycles. The van der Waals surface area contributed by atoms with E-state index in [2.05, 4.69) is 4.98 Å². The van der Waals surface area contributed by atoms with Crippen molar-refractivity contribution >= 4 is 33.4 Å². The first-order valence-corrected chi connectivity index (χ1v) is 5.76. The molecule has 0 saturated heterocycles. The normalized spacial score (nSPS) is 11.2.